The van der Waals surface area contributed by atoms with Crippen LogP contribution < -0.4 is 0 Å². The van der Waals surface area contributed by atoms with Gasteiger partial charge in [-0.05, 0) is 60.0 Å². The summed E-state index contributed by atoms with van der Waals surface area (Å²) in [7, 11) is -31.7. The number of hydrogen-bond donors (Lipinski definition) is 0. The van der Waals surface area contributed by atoms with Crippen LogP contribution in [0.25, 0.3) is 11.0 Å². The summed E-state index contributed by atoms with van der Waals surface area (Å²) in [6.07, 6.45) is 0.593. The van der Waals surface area contributed by atoms with E-state index in [1.165, 1.54) is 0 Å². The Kier molecular flexibility index (Phi) is 14.0. The summed E-state index contributed by atoms with van der Waals surface area (Å²) >= 11 is 0. The van der Waals surface area contributed by atoms with Crippen molar-refractivity contribution in [3.8, 4) is 0 Å². The van der Waals surface area contributed by atoms with E-state index < -0.39 is 70.4 Å². The van der Waals surface area contributed by atoms with Crippen LogP contribution in [0.4, 0.5) is 0 Å². The molecule has 60 heavy (non-hydrogen) atoms. The van der Waals surface area contributed by atoms with Gasteiger partial charge in [0, 0.05) is 54.9 Å². The summed E-state index contributed by atoms with van der Waals surface area (Å²) in [5.74, 6) is 0.764. The number of para-hydroxylation sites is 1. The van der Waals surface area contributed by atoms with E-state index >= 15 is 0 Å². The van der Waals surface area contributed by atoms with Gasteiger partial charge in [-0.3, -0.25) is 0 Å². The number of hydrogen-bond acceptors (Lipinski definition) is 14. The van der Waals surface area contributed by atoms with Crippen molar-refractivity contribution in [1.82, 2.24) is 15.0 Å². The average Bonchev–Trinajstić information content (AvgIpc) is 3.41. The van der Waals surface area contributed by atoms with Gasteiger partial charge in [-0.25, -0.2) is 4.68 Å². The van der Waals surface area contributed by atoms with Gasteiger partial charge in [0.15, 0.2) is 0 Å². The zero-order chi connectivity index (χ0) is 43.6. The lowest BCUT2D eigenvalue weighted by Gasteiger charge is -2.64. The summed E-state index contributed by atoms with van der Waals surface area (Å²) in [5.41, 5.74) is 1.80. The van der Waals surface area contributed by atoms with Crippen LogP contribution in [0, 0.1) is 41.4 Å². The predicted molar refractivity (Wildman–Crippen MR) is 244 cm³/mol. The molecule has 0 unspecified atom stereocenters. The Hall–Kier alpha value is -0.125. The minimum absolute atomic E-state index is 0.100. The molecule has 0 radical (unpaired) electrons. The lowest BCUT2D eigenvalue weighted by atomic mass is 10.3. The molecule has 0 saturated carbocycles. The molecule has 340 valence electrons. The molecule has 1 aromatic carbocycles. The van der Waals surface area contributed by atoms with Crippen LogP contribution >= 0.6 is 0 Å². The van der Waals surface area contributed by atoms with Crippen LogP contribution in [-0.4, -0.2) is 85.4 Å². The molecule has 6 saturated heterocycles. The molecular weight excluding hydrogens is 903 g/mol. The predicted octanol–water partition coefficient (Wildman–Crippen LogP) is 9.19. The van der Waals surface area contributed by atoms with Gasteiger partial charge in [0.2, 0.25) is 0 Å². The van der Waals surface area contributed by atoms with Crippen molar-refractivity contribution >= 4 is 81.5 Å². The smallest absolute Gasteiger partial charge is 0.373 e. The Balaban J connectivity index is 1.53. The van der Waals surface area contributed by atoms with Gasteiger partial charge in [0.25, 0.3) is 0 Å². The zero-order valence-corrected chi connectivity index (χ0v) is 46.7. The summed E-state index contributed by atoms with van der Waals surface area (Å²) < 4.78 is 96.1. The lowest BCUT2D eigenvalue weighted by Crippen LogP contribution is -2.88. The summed E-state index contributed by atoms with van der Waals surface area (Å²) in [5, 5.41) is 8.98. The molecule has 0 amide bonds. The second-order valence-electron chi connectivity index (χ2n) is 20.8. The van der Waals surface area contributed by atoms with Crippen molar-refractivity contribution in [3.63, 3.8) is 0 Å². The van der Waals surface area contributed by atoms with Crippen molar-refractivity contribution < 1.29 is 49.4 Å². The van der Waals surface area contributed by atoms with E-state index in [4.69, 9.17) is 49.4 Å². The van der Waals surface area contributed by atoms with E-state index in [1.54, 1.807) is 0 Å². The van der Waals surface area contributed by atoms with Gasteiger partial charge in [-0.2, -0.15) is 0 Å². The Morgan fingerprint density at radius 3 is 0.950 bits per heavy atom. The van der Waals surface area contributed by atoms with E-state index in [0.29, 0.717) is 61.3 Å². The first kappa shape index (κ1) is 47.8. The molecule has 2 aromatic rings. The first-order valence-corrected chi connectivity index (χ1v) is 38.1. The quantitative estimate of drug-likeness (QED) is 0.131. The maximum absolute atomic E-state index is 7.90. The van der Waals surface area contributed by atoms with E-state index in [1.807, 2.05) is 28.9 Å². The second-order valence-corrected chi connectivity index (χ2v) is 44.9. The van der Waals surface area contributed by atoms with Gasteiger partial charge < -0.3 is 49.4 Å². The third-order valence-corrected chi connectivity index (χ3v) is 50.7. The molecule has 7 heterocycles. The molecule has 0 atom stereocenters. The number of rotatable bonds is 18. The highest BCUT2D eigenvalue weighted by Crippen LogP contribution is 2.56. The van der Waals surface area contributed by atoms with Gasteiger partial charge in [0.05, 0.1) is 5.52 Å². The largest absolute Gasteiger partial charge is 0.479 e. The van der Waals surface area contributed by atoms with Gasteiger partial charge in [-0.15, -0.1) is 5.10 Å². The highest BCUT2D eigenvalue weighted by atomic mass is 28.6. The molecule has 6 fully saturated rings. The molecule has 6 aliphatic rings. The number of aryl methyl sites for hydroxylation is 1. The SMILES string of the molecule is CC(C)C[Si]12O[Si]3(CCCn4nnc5ccccc54)O[Si]4(CC(C)C)O[Si](CC(C)C)(O1)O[Si]1(CC(C)C)O[Si](CC(C)C)(O2)O[Si](CC(C)C)(O3)O[Si](CC(C)C)(O4)O1. The summed E-state index contributed by atoms with van der Waals surface area (Å²) in [4.78, 5) is 0. The highest BCUT2D eigenvalue weighted by Gasteiger charge is 2.83. The van der Waals surface area contributed by atoms with Gasteiger partial charge >= 0.3 is 70.4 Å². The standard InChI is InChI=1S/C37H73N3O12Si8/c1-29(2)22-54-41-53(21-17-20-40-37-19-16-15-18-36(37)38-39-40)42-55(23-30(3)4)46-57(44-54,25-32(7)8)50-60(28-35(13)14)51-58(45-54,26-33(9)10)47-56(43-53,24-31(5)6)49-59(48-55,52-60)27-34(11)12/h15-16,18-19,29-35H,17,20-28H2,1-14H3. The van der Waals surface area contributed by atoms with Crippen LogP contribution in [0.2, 0.25) is 48.4 Å². The van der Waals surface area contributed by atoms with Crippen molar-refractivity contribution in [3.05, 3.63) is 24.3 Å². The van der Waals surface area contributed by atoms with E-state index in [0.717, 1.165) is 11.0 Å². The number of aromatic nitrogens is 3. The molecule has 0 spiro atoms. The van der Waals surface area contributed by atoms with Crippen LogP contribution in [0.3, 0.4) is 0 Å². The Labute approximate surface area is 368 Å². The molecular formula is C37H73N3O12Si8. The number of nitrogens with zero attached hydrogens (tertiary/aromatic N) is 3. The summed E-state index contributed by atoms with van der Waals surface area (Å²) in [6.45, 7) is 30.9. The fourth-order valence-electron chi connectivity index (χ4n) is 9.40. The van der Waals surface area contributed by atoms with E-state index in [2.05, 4.69) is 107 Å². The second kappa shape index (κ2) is 17.6. The summed E-state index contributed by atoms with van der Waals surface area (Å²) in [6, 6.07) is 11.7. The van der Waals surface area contributed by atoms with Gasteiger partial charge in [0.1, 0.15) is 5.52 Å². The molecule has 23 heteroatoms. The van der Waals surface area contributed by atoms with Crippen LogP contribution in [-0.2, 0) is 55.9 Å². The van der Waals surface area contributed by atoms with Crippen molar-refractivity contribution in [2.75, 3.05) is 0 Å². The lowest BCUT2D eigenvalue weighted by molar-refractivity contribution is -0.0341. The number of fused-ring (bicyclic) bond motifs is 1. The van der Waals surface area contributed by atoms with E-state index in [-0.39, 0.29) is 41.4 Å². The third kappa shape index (κ3) is 10.4. The molecule has 6 aliphatic heterocycles. The van der Waals surface area contributed by atoms with Crippen LogP contribution in [0.15, 0.2) is 24.3 Å². The molecule has 15 nitrogen and oxygen atoms in total. The monoisotopic (exact) mass is 975 g/mol. The topological polar surface area (TPSA) is 141 Å². The fourth-order valence-corrected chi connectivity index (χ4v) is 61.0. The Morgan fingerprint density at radius 2 is 0.667 bits per heavy atom. The third-order valence-electron chi connectivity index (χ3n) is 10.6. The Bertz CT molecular complexity index is 1660. The van der Waals surface area contributed by atoms with Crippen molar-refractivity contribution in [2.45, 2.75) is 158 Å². The maximum Gasteiger partial charge on any atom is 0.479 e. The molecule has 0 N–H and O–H groups in total. The first-order chi connectivity index (χ1) is 28.0. The van der Waals surface area contributed by atoms with Crippen molar-refractivity contribution in [1.29, 1.82) is 0 Å². The minimum Gasteiger partial charge on any atom is -0.373 e. The minimum atomic E-state index is -4.05. The average molecular weight is 977 g/mol. The zero-order valence-electron chi connectivity index (χ0n) is 38.7. The normalized spacial score (nSPS) is 38.0. The van der Waals surface area contributed by atoms with Gasteiger partial charge in [-0.1, -0.05) is 114 Å². The van der Waals surface area contributed by atoms with Crippen LogP contribution in [0.5, 0.6) is 0 Å². The molecule has 8 rings (SSSR count). The highest BCUT2D eigenvalue weighted by molar-refractivity contribution is 7.03. The van der Waals surface area contributed by atoms with Crippen molar-refractivity contribution in [2.24, 2.45) is 41.4 Å². The molecule has 1 aromatic heterocycles. The Morgan fingerprint density at radius 1 is 0.400 bits per heavy atom. The fraction of sp³-hybridized carbons (Fsp3) is 0.838. The molecule has 0 aliphatic carbocycles. The van der Waals surface area contributed by atoms with E-state index in [9.17, 15) is 0 Å². The van der Waals surface area contributed by atoms with Crippen LogP contribution in [0.1, 0.15) is 103 Å². The molecule has 8 bridgehead atoms. The first-order valence-electron chi connectivity index (χ1n) is 22.7. The maximum atomic E-state index is 7.90. The number of benzene rings is 1.